The van der Waals surface area contributed by atoms with E-state index in [1.54, 1.807) is 0 Å². The van der Waals surface area contributed by atoms with Crippen LogP contribution in [0.2, 0.25) is 0 Å². The summed E-state index contributed by atoms with van der Waals surface area (Å²) in [7, 11) is 1.25. The Labute approximate surface area is 182 Å². The first-order chi connectivity index (χ1) is 15.3. The third kappa shape index (κ3) is 3.96. The lowest BCUT2D eigenvalue weighted by Crippen LogP contribution is -2.59. The van der Waals surface area contributed by atoms with Gasteiger partial charge in [-0.2, -0.15) is 26.3 Å². The minimum atomic E-state index is -6.25. The predicted octanol–water partition coefficient (Wildman–Crippen LogP) is 4.35. The lowest BCUT2D eigenvalue weighted by atomic mass is 9.77. The van der Waals surface area contributed by atoms with Crippen LogP contribution in [0.5, 0.6) is 5.75 Å². The minimum Gasteiger partial charge on any atom is -0.497 e. The van der Waals surface area contributed by atoms with Gasteiger partial charge in [0.1, 0.15) is 5.75 Å². The highest BCUT2D eigenvalue weighted by molar-refractivity contribution is 5.85. The van der Waals surface area contributed by atoms with Crippen molar-refractivity contribution in [1.82, 2.24) is 0 Å². The molecule has 1 fully saturated rings. The molecule has 1 heterocycles. The number of nitro groups is 1. The van der Waals surface area contributed by atoms with Crippen LogP contribution < -0.4 is 4.74 Å². The Bertz CT molecular complexity index is 1010. The van der Waals surface area contributed by atoms with Crippen molar-refractivity contribution in [2.24, 2.45) is 0 Å². The van der Waals surface area contributed by atoms with Gasteiger partial charge in [-0.25, -0.2) is 4.79 Å². The third-order valence-electron chi connectivity index (χ3n) is 5.13. The maximum Gasteiger partial charge on any atom is 0.465 e. The van der Waals surface area contributed by atoms with Gasteiger partial charge in [-0.3, -0.25) is 10.1 Å². The summed E-state index contributed by atoms with van der Waals surface area (Å²) in [6, 6.07) is 10.9. The molecule has 0 N–H and O–H groups in total. The first-order valence-corrected chi connectivity index (χ1v) is 9.17. The molecular weight excluding hydrogens is 464 g/mol. The number of cyclic esters (lactones) is 1. The molecule has 3 rings (SSSR count). The Kier molecular flexibility index (Phi) is 6.04. The number of ether oxygens (including phenoxy) is 3. The summed E-state index contributed by atoms with van der Waals surface area (Å²) in [6.45, 7) is -1.24. The van der Waals surface area contributed by atoms with Crippen LogP contribution in [0, 0.1) is 10.1 Å². The summed E-state index contributed by atoms with van der Waals surface area (Å²) in [6.07, 6.45) is -12.5. The van der Waals surface area contributed by atoms with Crippen LogP contribution in [0.25, 0.3) is 0 Å². The van der Waals surface area contributed by atoms with Crippen LogP contribution in [-0.2, 0) is 19.9 Å². The number of halogens is 6. The summed E-state index contributed by atoms with van der Waals surface area (Å²) in [5, 5.41) is 11.4. The number of hydrogen-bond donors (Lipinski definition) is 0. The molecule has 0 aromatic heterocycles. The highest BCUT2D eigenvalue weighted by atomic mass is 19.4. The molecule has 2 aromatic rings. The number of esters is 1. The van der Waals surface area contributed by atoms with Crippen LogP contribution in [0.1, 0.15) is 17.0 Å². The van der Waals surface area contributed by atoms with Crippen LogP contribution in [0.15, 0.2) is 54.6 Å². The molecule has 2 aromatic carbocycles. The standard InChI is InChI=1S/C20H15F6NO6/c1-31-14-9-7-13(8-10-14)17(15(11-27(29)30)12-5-3-2-4-6-12)16(28)32-18(33-17,19(21,22)23)20(24,25)26/h2-10,15H,11H2,1H3/t15-,17-/m0/s1. The van der Waals surface area contributed by atoms with Crippen LogP contribution in [-0.4, -0.2) is 42.7 Å². The fraction of sp³-hybridized carbons (Fsp3) is 0.350. The first-order valence-electron chi connectivity index (χ1n) is 9.17. The van der Waals surface area contributed by atoms with Crippen molar-refractivity contribution in [2.75, 3.05) is 13.7 Å². The molecule has 7 nitrogen and oxygen atoms in total. The lowest BCUT2D eigenvalue weighted by molar-refractivity contribution is -0.491. The number of alkyl halides is 6. The van der Waals surface area contributed by atoms with Crippen molar-refractivity contribution in [3.8, 4) is 5.75 Å². The van der Waals surface area contributed by atoms with E-state index in [1.165, 1.54) is 37.4 Å². The molecule has 1 aliphatic heterocycles. The Morgan fingerprint density at radius 3 is 1.97 bits per heavy atom. The molecule has 33 heavy (non-hydrogen) atoms. The van der Waals surface area contributed by atoms with Gasteiger partial charge in [0.15, 0.2) is 0 Å². The van der Waals surface area contributed by atoms with E-state index in [0.717, 1.165) is 24.3 Å². The van der Waals surface area contributed by atoms with Gasteiger partial charge in [0.05, 0.1) is 13.0 Å². The second-order valence-electron chi connectivity index (χ2n) is 7.05. The molecule has 0 aliphatic carbocycles. The Balaban J connectivity index is 2.34. The number of methoxy groups -OCH3 is 1. The SMILES string of the molecule is COc1ccc([C@@]2([C@@H](C[N+](=O)[O-])c3ccccc3)OC(C(F)(F)F)(C(F)(F)F)OC2=O)cc1. The number of benzene rings is 2. The Hall–Kier alpha value is -3.35. The monoisotopic (exact) mass is 479 g/mol. The molecule has 2 atom stereocenters. The first kappa shape index (κ1) is 24.3. The average molecular weight is 479 g/mol. The summed E-state index contributed by atoms with van der Waals surface area (Å²) in [5.74, 6) is -9.16. The quantitative estimate of drug-likeness (QED) is 0.265. The van der Waals surface area contributed by atoms with E-state index in [2.05, 4.69) is 9.47 Å². The second kappa shape index (κ2) is 8.21. The minimum absolute atomic E-state index is 0.109. The van der Waals surface area contributed by atoms with Crippen molar-refractivity contribution in [2.45, 2.75) is 29.7 Å². The molecule has 0 bridgehead atoms. The molecule has 178 valence electrons. The Morgan fingerprint density at radius 2 is 1.55 bits per heavy atom. The largest absolute Gasteiger partial charge is 0.497 e. The van der Waals surface area contributed by atoms with E-state index in [9.17, 15) is 41.3 Å². The Morgan fingerprint density at radius 1 is 1.00 bits per heavy atom. The highest BCUT2D eigenvalue weighted by Crippen LogP contribution is 2.58. The van der Waals surface area contributed by atoms with E-state index >= 15 is 0 Å². The van der Waals surface area contributed by atoms with Gasteiger partial charge in [0.2, 0.25) is 12.1 Å². The maximum absolute atomic E-state index is 13.7. The fourth-order valence-corrected chi connectivity index (χ4v) is 3.62. The van der Waals surface area contributed by atoms with Gasteiger partial charge in [-0.1, -0.05) is 42.5 Å². The van der Waals surface area contributed by atoms with E-state index in [1.807, 2.05) is 0 Å². The van der Waals surface area contributed by atoms with Crippen LogP contribution >= 0.6 is 0 Å². The molecule has 0 unspecified atom stereocenters. The van der Waals surface area contributed by atoms with Gasteiger partial charge in [0.25, 0.3) is 0 Å². The van der Waals surface area contributed by atoms with E-state index in [-0.39, 0.29) is 11.3 Å². The number of nitrogens with zero attached hydrogens (tertiary/aromatic N) is 1. The second-order valence-corrected chi connectivity index (χ2v) is 7.05. The van der Waals surface area contributed by atoms with Crippen molar-refractivity contribution < 1.29 is 50.3 Å². The van der Waals surface area contributed by atoms with Gasteiger partial charge in [-0.05, 0) is 23.3 Å². The summed E-state index contributed by atoms with van der Waals surface area (Å²) in [4.78, 5) is 23.4. The molecule has 0 saturated carbocycles. The normalized spacial score (nSPS) is 21.4. The number of rotatable bonds is 6. The molecule has 0 spiro atoms. The molecule has 13 heteroatoms. The zero-order valence-electron chi connectivity index (χ0n) is 16.6. The summed E-state index contributed by atoms with van der Waals surface area (Å²) in [5.41, 5.74) is -3.78. The smallest absolute Gasteiger partial charge is 0.465 e. The highest BCUT2D eigenvalue weighted by Gasteiger charge is 2.84. The fourth-order valence-electron chi connectivity index (χ4n) is 3.62. The van der Waals surface area contributed by atoms with Gasteiger partial charge < -0.3 is 14.2 Å². The molecule has 0 radical (unpaired) electrons. The predicted molar refractivity (Wildman–Crippen MR) is 97.7 cm³/mol. The summed E-state index contributed by atoms with van der Waals surface area (Å²) >= 11 is 0. The lowest BCUT2D eigenvalue weighted by Gasteiger charge is -2.35. The topological polar surface area (TPSA) is 87.9 Å². The van der Waals surface area contributed by atoms with Crippen molar-refractivity contribution in [1.29, 1.82) is 0 Å². The summed E-state index contributed by atoms with van der Waals surface area (Å²) < 4.78 is 95.7. The van der Waals surface area contributed by atoms with Gasteiger partial charge >= 0.3 is 24.1 Å². The molecule has 1 aliphatic rings. The average Bonchev–Trinajstić information content (AvgIpc) is 3.08. The van der Waals surface area contributed by atoms with Gasteiger partial charge in [0, 0.05) is 4.92 Å². The zero-order valence-corrected chi connectivity index (χ0v) is 16.6. The number of carbonyl (C=O) groups excluding carboxylic acids is 1. The molecular formula is C20H15F6NO6. The third-order valence-corrected chi connectivity index (χ3v) is 5.13. The van der Waals surface area contributed by atoms with E-state index in [0.29, 0.717) is 0 Å². The van der Waals surface area contributed by atoms with Crippen molar-refractivity contribution in [3.63, 3.8) is 0 Å². The number of carbonyl (C=O) groups is 1. The zero-order chi connectivity index (χ0) is 24.7. The van der Waals surface area contributed by atoms with Crippen molar-refractivity contribution in [3.05, 3.63) is 75.8 Å². The van der Waals surface area contributed by atoms with E-state index in [4.69, 9.17) is 4.74 Å². The maximum atomic E-state index is 13.7. The van der Waals surface area contributed by atoms with Gasteiger partial charge in [-0.15, -0.1) is 0 Å². The van der Waals surface area contributed by atoms with Crippen LogP contribution in [0.3, 0.4) is 0 Å². The van der Waals surface area contributed by atoms with E-state index < -0.39 is 52.7 Å². The number of hydrogen-bond acceptors (Lipinski definition) is 6. The van der Waals surface area contributed by atoms with Crippen molar-refractivity contribution >= 4 is 5.97 Å². The molecule has 0 amide bonds. The van der Waals surface area contributed by atoms with Crippen LogP contribution in [0.4, 0.5) is 26.3 Å². The molecule has 1 saturated heterocycles.